The Balaban J connectivity index is 2.51. The van der Waals surface area contributed by atoms with E-state index in [1.165, 1.54) is 16.0 Å². The van der Waals surface area contributed by atoms with Crippen LogP contribution in [0.15, 0.2) is 28.1 Å². The van der Waals surface area contributed by atoms with Gasteiger partial charge < -0.3 is 5.32 Å². The highest BCUT2D eigenvalue weighted by molar-refractivity contribution is 9.10. The Morgan fingerprint density at radius 1 is 1.32 bits per heavy atom. The zero-order valence-electron chi connectivity index (χ0n) is 11.3. The van der Waals surface area contributed by atoms with Crippen molar-refractivity contribution in [1.29, 1.82) is 0 Å². The van der Waals surface area contributed by atoms with Crippen LogP contribution in [0.5, 0.6) is 0 Å². The average Bonchev–Trinajstić information content (AvgIpc) is 2.77. The zero-order chi connectivity index (χ0) is 14.0. The first-order valence-electron chi connectivity index (χ1n) is 6.27. The van der Waals surface area contributed by atoms with Gasteiger partial charge in [0, 0.05) is 14.4 Å². The molecule has 0 saturated heterocycles. The van der Waals surface area contributed by atoms with Gasteiger partial charge in [0.1, 0.15) is 0 Å². The fourth-order valence-corrected chi connectivity index (χ4v) is 4.09. The zero-order valence-corrected chi connectivity index (χ0v) is 14.4. The Labute approximate surface area is 132 Å². The third-order valence-corrected chi connectivity index (χ3v) is 5.52. The van der Waals surface area contributed by atoms with Crippen molar-refractivity contribution in [3.8, 4) is 0 Å². The number of hydrogen-bond donors (Lipinski definition) is 1. The molecule has 102 valence electrons. The highest BCUT2D eigenvalue weighted by Crippen LogP contribution is 2.35. The van der Waals surface area contributed by atoms with Gasteiger partial charge in [-0.25, -0.2) is 0 Å². The fraction of sp³-hybridized carbons (Fsp3) is 0.333. The Morgan fingerprint density at radius 2 is 2.05 bits per heavy atom. The van der Waals surface area contributed by atoms with Crippen LogP contribution in [0, 0.1) is 13.8 Å². The average molecular weight is 359 g/mol. The molecule has 0 aliphatic heterocycles. The van der Waals surface area contributed by atoms with Crippen LogP contribution in [0.25, 0.3) is 0 Å². The van der Waals surface area contributed by atoms with E-state index in [1.807, 2.05) is 0 Å². The van der Waals surface area contributed by atoms with Gasteiger partial charge in [0.2, 0.25) is 0 Å². The van der Waals surface area contributed by atoms with Crippen molar-refractivity contribution in [2.75, 3.05) is 6.54 Å². The van der Waals surface area contributed by atoms with Crippen molar-refractivity contribution < 1.29 is 0 Å². The van der Waals surface area contributed by atoms with Crippen LogP contribution in [0.2, 0.25) is 5.02 Å². The van der Waals surface area contributed by atoms with E-state index in [2.05, 4.69) is 65.6 Å². The van der Waals surface area contributed by atoms with E-state index in [0.29, 0.717) is 0 Å². The number of nitrogens with one attached hydrogen (secondary N) is 1. The maximum Gasteiger partial charge on any atom is 0.0685 e. The number of rotatable bonds is 4. The number of thiophene rings is 1. The molecule has 0 radical (unpaired) electrons. The van der Waals surface area contributed by atoms with Crippen LogP contribution in [0.4, 0.5) is 0 Å². The molecule has 0 aliphatic rings. The summed E-state index contributed by atoms with van der Waals surface area (Å²) in [6, 6.07) is 6.56. The van der Waals surface area contributed by atoms with Gasteiger partial charge in [-0.15, -0.1) is 11.3 Å². The lowest BCUT2D eigenvalue weighted by Gasteiger charge is -2.21. The summed E-state index contributed by atoms with van der Waals surface area (Å²) in [6.07, 6.45) is 0. The van der Waals surface area contributed by atoms with Gasteiger partial charge in [-0.3, -0.25) is 0 Å². The van der Waals surface area contributed by atoms with Crippen LogP contribution in [0.1, 0.15) is 34.5 Å². The van der Waals surface area contributed by atoms with Gasteiger partial charge >= 0.3 is 0 Å². The molecule has 1 heterocycles. The second-order valence-corrected chi connectivity index (χ2v) is 6.79. The van der Waals surface area contributed by atoms with Gasteiger partial charge in [-0.05, 0) is 70.5 Å². The molecule has 1 unspecified atom stereocenters. The SMILES string of the molecule is CCNC(c1cc(C)c(Cl)cc1C)c1sccc1Br. The molecule has 0 amide bonds. The van der Waals surface area contributed by atoms with Crippen LogP contribution in [-0.2, 0) is 0 Å². The summed E-state index contributed by atoms with van der Waals surface area (Å²) in [4.78, 5) is 1.31. The summed E-state index contributed by atoms with van der Waals surface area (Å²) in [5.41, 5.74) is 3.64. The van der Waals surface area contributed by atoms with E-state index in [9.17, 15) is 0 Å². The van der Waals surface area contributed by atoms with Gasteiger partial charge in [-0.1, -0.05) is 24.6 Å². The second-order valence-electron chi connectivity index (χ2n) is 4.58. The molecule has 2 aromatic rings. The molecule has 1 nitrogen and oxygen atoms in total. The molecule has 0 spiro atoms. The molecule has 0 bridgehead atoms. The molecule has 1 aromatic heterocycles. The lowest BCUT2D eigenvalue weighted by atomic mass is 9.97. The van der Waals surface area contributed by atoms with Gasteiger partial charge in [0.25, 0.3) is 0 Å². The molecule has 0 fully saturated rings. The van der Waals surface area contributed by atoms with Crippen LogP contribution in [-0.4, -0.2) is 6.54 Å². The smallest absolute Gasteiger partial charge is 0.0685 e. The van der Waals surface area contributed by atoms with Crippen LogP contribution in [0.3, 0.4) is 0 Å². The van der Waals surface area contributed by atoms with Crippen molar-refractivity contribution >= 4 is 38.9 Å². The first-order valence-corrected chi connectivity index (χ1v) is 8.32. The summed E-state index contributed by atoms with van der Waals surface area (Å²) in [5, 5.41) is 6.51. The summed E-state index contributed by atoms with van der Waals surface area (Å²) < 4.78 is 1.16. The molecule has 4 heteroatoms. The summed E-state index contributed by atoms with van der Waals surface area (Å²) >= 11 is 11.6. The minimum absolute atomic E-state index is 0.218. The van der Waals surface area contributed by atoms with Crippen molar-refractivity contribution in [2.45, 2.75) is 26.8 Å². The third-order valence-electron chi connectivity index (χ3n) is 3.17. The lowest BCUT2D eigenvalue weighted by Crippen LogP contribution is -2.22. The quantitative estimate of drug-likeness (QED) is 0.763. The topological polar surface area (TPSA) is 12.0 Å². The van der Waals surface area contributed by atoms with E-state index in [-0.39, 0.29) is 6.04 Å². The summed E-state index contributed by atoms with van der Waals surface area (Å²) in [6.45, 7) is 7.23. The molecule has 0 aliphatic carbocycles. The molecular formula is C15H17BrClNS. The standard InChI is InChI=1S/C15H17BrClNS/c1-4-18-14(15-12(16)5-6-19-15)11-7-10(3)13(17)8-9(11)2/h5-8,14,18H,4H2,1-3H3. The van der Waals surface area contributed by atoms with Crippen molar-refractivity contribution in [2.24, 2.45) is 0 Å². The molecule has 2 rings (SSSR count). The van der Waals surface area contributed by atoms with E-state index in [4.69, 9.17) is 11.6 Å². The molecular weight excluding hydrogens is 342 g/mol. The fourth-order valence-electron chi connectivity index (χ4n) is 2.17. The van der Waals surface area contributed by atoms with Crippen molar-refractivity contribution in [1.82, 2.24) is 5.32 Å². The maximum atomic E-state index is 6.20. The highest BCUT2D eigenvalue weighted by atomic mass is 79.9. The number of halogens is 2. The molecule has 19 heavy (non-hydrogen) atoms. The first kappa shape index (κ1) is 15.0. The Kier molecular flexibility index (Phi) is 5.07. The number of hydrogen-bond acceptors (Lipinski definition) is 2. The van der Waals surface area contributed by atoms with Crippen molar-refractivity contribution in [3.63, 3.8) is 0 Å². The largest absolute Gasteiger partial charge is 0.306 e. The summed E-state index contributed by atoms with van der Waals surface area (Å²) in [7, 11) is 0. The molecule has 1 N–H and O–H groups in total. The van der Waals surface area contributed by atoms with Gasteiger partial charge in [0.05, 0.1) is 6.04 Å². The molecule has 0 saturated carbocycles. The second kappa shape index (κ2) is 6.40. The normalized spacial score (nSPS) is 12.7. The van der Waals surface area contributed by atoms with E-state index in [1.54, 1.807) is 11.3 Å². The van der Waals surface area contributed by atoms with Gasteiger partial charge in [-0.2, -0.15) is 0 Å². The van der Waals surface area contributed by atoms with E-state index >= 15 is 0 Å². The van der Waals surface area contributed by atoms with E-state index in [0.717, 1.165) is 21.6 Å². The Bertz CT molecular complexity index is 580. The number of benzene rings is 1. The van der Waals surface area contributed by atoms with Crippen molar-refractivity contribution in [3.05, 3.63) is 54.6 Å². The van der Waals surface area contributed by atoms with Crippen LogP contribution >= 0.6 is 38.9 Å². The minimum Gasteiger partial charge on any atom is -0.306 e. The Morgan fingerprint density at radius 3 is 2.63 bits per heavy atom. The molecule has 1 atom stereocenters. The van der Waals surface area contributed by atoms with Gasteiger partial charge in [0.15, 0.2) is 0 Å². The van der Waals surface area contributed by atoms with E-state index < -0.39 is 0 Å². The highest BCUT2D eigenvalue weighted by Gasteiger charge is 2.19. The number of aryl methyl sites for hydroxylation is 2. The first-order chi connectivity index (χ1) is 9.04. The third kappa shape index (κ3) is 3.22. The Hall–Kier alpha value is -0.350. The minimum atomic E-state index is 0.218. The predicted molar refractivity (Wildman–Crippen MR) is 88.5 cm³/mol. The predicted octanol–water partition coefficient (Wildman–Crippen LogP) is 5.48. The summed E-state index contributed by atoms with van der Waals surface area (Å²) in [5.74, 6) is 0. The lowest BCUT2D eigenvalue weighted by molar-refractivity contribution is 0.634. The van der Waals surface area contributed by atoms with Crippen LogP contribution < -0.4 is 5.32 Å². The maximum absolute atomic E-state index is 6.20. The monoisotopic (exact) mass is 357 g/mol. The molecule has 1 aromatic carbocycles.